The first-order valence-corrected chi connectivity index (χ1v) is 10.3. The van der Waals surface area contributed by atoms with Gasteiger partial charge in [-0.15, -0.1) is 0 Å². The fraction of sp³-hybridized carbons (Fsp3) is 0.231. The zero-order valence-corrected chi connectivity index (χ0v) is 18.4. The van der Waals surface area contributed by atoms with Gasteiger partial charge in [-0.2, -0.15) is 10.5 Å². The van der Waals surface area contributed by atoms with Crippen LogP contribution in [-0.4, -0.2) is 31.1 Å². The first-order valence-electron chi connectivity index (χ1n) is 10.3. The molecule has 0 aliphatic carbocycles. The highest BCUT2D eigenvalue weighted by molar-refractivity contribution is 6.02. The lowest BCUT2D eigenvalue weighted by molar-refractivity contribution is -0.142. The summed E-state index contributed by atoms with van der Waals surface area (Å²) in [6.45, 7) is 1.91. The molecule has 164 valence electrons. The zero-order valence-electron chi connectivity index (χ0n) is 18.4. The number of carbonyl (C=O) groups is 2. The molecule has 0 spiro atoms. The molecule has 0 saturated carbocycles. The Morgan fingerprint density at radius 2 is 1.61 bits per heavy atom. The average Bonchev–Trinajstić information content (AvgIpc) is 2.86. The van der Waals surface area contributed by atoms with Crippen LogP contribution in [0.4, 0.5) is 0 Å². The smallest absolute Gasteiger partial charge is 0.355 e. The van der Waals surface area contributed by atoms with E-state index in [0.717, 1.165) is 11.1 Å². The van der Waals surface area contributed by atoms with E-state index in [1.165, 1.54) is 19.1 Å². The summed E-state index contributed by atoms with van der Waals surface area (Å²) < 4.78 is 10.1. The second-order valence-electron chi connectivity index (χ2n) is 7.94. The van der Waals surface area contributed by atoms with Gasteiger partial charge < -0.3 is 14.4 Å². The van der Waals surface area contributed by atoms with Crippen LogP contribution in [0.2, 0.25) is 0 Å². The SMILES string of the molecule is COC(=O)C1=C(C(=O)OC)N2C=Cc3ccccc3[C@H]2C(C#N)(C#N)[C@H]1c1ccc(C)cc1. The lowest BCUT2D eigenvalue weighted by atomic mass is 9.60. The fourth-order valence-electron chi connectivity index (χ4n) is 4.74. The zero-order chi connectivity index (χ0) is 23.8. The van der Waals surface area contributed by atoms with Crippen LogP contribution in [0.1, 0.15) is 34.2 Å². The van der Waals surface area contributed by atoms with Crippen molar-refractivity contribution in [1.29, 1.82) is 10.5 Å². The van der Waals surface area contributed by atoms with E-state index in [2.05, 4.69) is 12.1 Å². The molecule has 2 aromatic rings. The average molecular weight is 439 g/mol. The number of aryl methyl sites for hydroxylation is 1. The summed E-state index contributed by atoms with van der Waals surface area (Å²) >= 11 is 0. The number of ether oxygens (including phenoxy) is 2. The molecule has 0 radical (unpaired) electrons. The number of hydrogen-bond donors (Lipinski definition) is 0. The molecule has 7 heteroatoms. The van der Waals surface area contributed by atoms with Gasteiger partial charge in [-0.25, -0.2) is 9.59 Å². The highest BCUT2D eigenvalue weighted by atomic mass is 16.5. The van der Waals surface area contributed by atoms with E-state index in [1.54, 1.807) is 24.4 Å². The second-order valence-corrected chi connectivity index (χ2v) is 7.94. The Balaban J connectivity index is 2.16. The maximum atomic E-state index is 13.1. The van der Waals surface area contributed by atoms with Crippen LogP contribution in [0.15, 0.2) is 66.0 Å². The Kier molecular flexibility index (Phi) is 5.49. The van der Waals surface area contributed by atoms with Gasteiger partial charge in [0.25, 0.3) is 0 Å². The normalized spacial score (nSPS) is 20.1. The number of benzene rings is 2. The van der Waals surface area contributed by atoms with E-state index in [-0.39, 0.29) is 11.3 Å². The van der Waals surface area contributed by atoms with E-state index < -0.39 is 29.3 Å². The molecular formula is C26H21N3O4. The van der Waals surface area contributed by atoms with Crippen LogP contribution in [0, 0.1) is 35.0 Å². The molecule has 2 aromatic carbocycles. The van der Waals surface area contributed by atoms with Crippen LogP contribution < -0.4 is 0 Å². The molecule has 0 fully saturated rings. The minimum atomic E-state index is -1.75. The lowest BCUT2D eigenvalue weighted by Gasteiger charge is -2.49. The number of nitrogens with zero attached hydrogens (tertiary/aromatic N) is 3. The van der Waals surface area contributed by atoms with E-state index >= 15 is 0 Å². The maximum Gasteiger partial charge on any atom is 0.355 e. The second kappa shape index (κ2) is 8.29. The van der Waals surface area contributed by atoms with Crippen molar-refractivity contribution in [1.82, 2.24) is 4.90 Å². The van der Waals surface area contributed by atoms with Gasteiger partial charge in [-0.1, -0.05) is 54.1 Å². The predicted octanol–water partition coefficient (Wildman–Crippen LogP) is 3.75. The van der Waals surface area contributed by atoms with Crippen molar-refractivity contribution in [3.05, 3.63) is 88.3 Å². The Bertz CT molecular complexity index is 1260. The Morgan fingerprint density at radius 3 is 2.21 bits per heavy atom. The summed E-state index contributed by atoms with van der Waals surface area (Å²) in [5.74, 6) is -2.62. The third-order valence-corrected chi connectivity index (χ3v) is 6.24. The summed E-state index contributed by atoms with van der Waals surface area (Å²) in [4.78, 5) is 27.7. The molecule has 2 heterocycles. The first-order chi connectivity index (χ1) is 15.9. The quantitative estimate of drug-likeness (QED) is 0.671. The summed E-state index contributed by atoms with van der Waals surface area (Å²) in [6, 6.07) is 18.2. The summed E-state index contributed by atoms with van der Waals surface area (Å²) in [6.07, 6.45) is 3.38. The van der Waals surface area contributed by atoms with Crippen molar-refractivity contribution in [2.24, 2.45) is 5.41 Å². The summed E-state index contributed by atoms with van der Waals surface area (Å²) in [5, 5.41) is 21.1. The monoisotopic (exact) mass is 439 g/mol. The van der Waals surface area contributed by atoms with Gasteiger partial charge in [-0.05, 0) is 29.7 Å². The van der Waals surface area contributed by atoms with Gasteiger partial charge in [0.2, 0.25) is 0 Å². The number of hydrogen-bond acceptors (Lipinski definition) is 7. The molecule has 0 aromatic heterocycles. The summed E-state index contributed by atoms with van der Waals surface area (Å²) in [5.41, 5.74) is 1.16. The molecule has 4 rings (SSSR count). The molecule has 0 saturated heterocycles. The van der Waals surface area contributed by atoms with Gasteiger partial charge >= 0.3 is 11.9 Å². The minimum absolute atomic E-state index is 0.0493. The third kappa shape index (κ3) is 3.18. The van der Waals surface area contributed by atoms with Gasteiger partial charge in [0.1, 0.15) is 5.70 Å². The van der Waals surface area contributed by atoms with E-state index in [4.69, 9.17) is 9.47 Å². The standard InChI is InChI=1S/C26H21N3O4/c1-16-8-10-18(11-9-16)21-20(24(30)32-2)22(25(31)33-3)29-13-12-17-6-4-5-7-19(17)23(29)26(21,14-27)15-28/h4-13,21,23H,1-3H3/t21-,23-/m0/s1. The Hall–Kier alpha value is -4.36. The molecule has 2 aliphatic rings. The van der Waals surface area contributed by atoms with Crippen molar-refractivity contribution in [3.63, 3.8) is 0 Å². The van der Waals surface area contributed by atoms with Crippen LogP contribution >= 0.6 is 0 Å². The Morgan fingerprint density at radius 1 is 0.970 bits per heavy atom. The number of methoxy groups -OCH3 is 2. The van der Waals surface area contributed by atoms with E-state index in [1.807, 2.05) is 43.3 Å². The molecule has 2 atom stereocenters. The topological polar surface area (TPSA) is 103 Å². The number of nitriles is 2. The van der Waals surface area contributed by atoms with Gasteiger partial charge in [0, 0.05) is 6.20 Å². The molecule has 7 nitrogen and oxygen atoms in total. The van der Waals surface area contributed by atoms with Crippen LogP contribution in [0.5, 0.6) is 0 Å². The fourth-order valence-corrected chi connectivity index (χ4v) is 4.74. The van der Waals surface area contributed by atoms with E-state index in [9.17, 15) is 20.1 Å². The number of fused-ring (bicyclic) bond motifs is 3. The van der Waals surface area contributed by atoms with E-state index in [0.29, 0.717) is 11.1 Å². The number of carbonyl (C=O) groups excluding carboxylic acids is 2. The van der Waals surface area contributed by atoms with Crippen molar-refractivity contribution in [3.8, 4) is 12.1 Å². The highest BCUT2D eigenvalue weighted by Crippen LogP contribution is 2.58. The summed E-state index contributed by atoms with van der Waals surface area (Å²) in [7, 11) is 2.42. The van der Waals surface area contributed by atoms with Crippen molar-refractivity contribution < 1.29 is 19.1 Å². The van der Waals surface area contributed by atoms with Gasteiger partial charge in [-0.3, -0.25) is 0 Å². The van der Waals surface area contributed by atoms with Gasteiger partial charge in [0.05, 0.1) is 43.9 Å². The van der Waals surface area contributed by atoms with Gasteiger partial charge in [0.15, 0.2) is 5.41 Å². The molecular weight excluding hydrogens is 418 g/mol. The molecule has 2 aliphatic heterocycles. The largest absolute Gasteiger partial charge is 0.466 e. The highest BCUT2D eigenvalue weighted by Gasteiger charge is 2.60. The molecule has 33 heavy (non-hydrogen) atoms. The van der Waals surface area contributed by atoms with Crippen LogP contribution in [0.3, 0.4) is 0 Å². The Labute approximate surface area is 191 Å². The van der Waals surface area contributed by atoms with Crippen LogP contribution in [0.25, 0.3) is 6.08 Å². The third-order valence-electron chi connectivity index (χ3n) is 6.24. The van der Waals surface area contributed by atoms with Crippen molar-refractivity contribution in [2.45, 2.75) is 18.9 Å². The molecule has 0 unspecified atom stereocenters. The van der Waals surface area contributed by atoms with Crippen molar-refractivity contribution in [2.75, 3.05) is 14.2 Å². The number of rotatable bonds is 3. The molecule has 0 amide bonds. The van der Waals surface area contributed by atoms with Crippen molar-refractivity contribution >= 4 is 18.0 Å². The lowest BCUT2D eigenvalue weighted by Crippen LogP contribution is -2.50. The first kappa shape index (κ1) is 21.9. The maximum absolute atomic E-state index is 13.1. The van der Waals surface area contributed by atoms with Crippen LogP contribution in [-0.2, 0) is 19.1 Å². The predicted molar refractivity (Wildman–Crippen MR) is 119 cm³/mol. The number of esters is 2. The molecule has 0 N–H and O–H groups in total. The molecule has 0 bridgehead atoms. The minimum Gasteiger partial charge on any atom is -0.466 e.